The fraction of sp³-hybridized carbons (Fsp3) is 0.200. The summed E-state index contributed by atoms with van der Waals surface area (Å²) in [5, 5.41) is 17.5. The van der Waals surface area contributed by atoms with Gasteiger partial charge in [-0.05, 0) is 24.1 Å². The quantitative estimate of drug-likeness (QED) is 0.715. The third kappa shape index (κ3) is 2.76. The van der Waals surface area contributed by atoms with Crippen molar-refractivity contribution in [3.63, 3.8) is 0 Å². The van der Waals surface area contributed by atoms with E-state index in [4.69, 9.17) is 10.2 Å². The Bertz CT molecular complexity index is 249. The van der Waals surface area contributed by atoms with Crippen LogP contribution < -0.4 is 0 Å². The van der Waals surface area contributed by atoms with Gasteiger partial charge in [0.15, 0.2) is 0 Å². The van der Waals surface area contributed by atoms with Crippen LogP contribution in [0.1, 0.15) is 12.0 Å². The van der Waals surface area contributed by atoms with Crippen molar-refractivity contribution in [1.29, 1.82) is 0 Å². The van der Waals surface area contributed by atoms with Crippen molar-refractivity contribution in [3.8, 4) is 5.75 Å². The molecule has 0 fully saturated rings. The molecular formula is C10H12O2. The first-order valence-corrected chi connectivity index (χ1v) is 3.89. The number of phenols is 1. The maximum Gasteiger partial charge on any atom is 0.115 e. The van der Waals surface area contributed by atoms with Gasteiger partial charge in [0.05, 0.1) is 0 Å². The monoisotopic (exact) mass is 164 g/mol. The van der Waals surface area contributed by atoms with Crippen LogP contribution in [0, 0.1) is 0 Å². The highest BCUT2D eigenvalue weighted by molar-refractivity contribution is 5.50. The number of benzene rings is 1. The first-order valence-electron chi connectivity index (χ1n) is 3.89. The Labute approximate surface area is 71.8 Å². The average Bonchev–Trinajstić information content (AvgIpc) is 2.09. The molecule has 64 valence electrons. The number of hydrogen-bond donors (Lipinski definition) is 2. The minimum Gasteiger partial charge on any atom is -0.508 e. The summed E-state index contributed by atoms with van der Waals surface area (Å²) in [6.07, 6.45) is 4.48. The van der Waals surface area contributed by atoms with Crippen molar-refractivity contribution in [3.05, 3.63) is 35.9 Å². The molecule has 12 heavy (non-hydrogen) atoms. The van der Waals surface area contributed by atoms with Crippen molar-refractivity contribution in [1.82, 2.24) is 0 Å². The highest BCUT2D eigenvalue weighted by Crippen LogP contribution is 2.10. The highest BCUT2D eigenvalue weighted by Gasteiger charge is 1.86. The lowest BCUT2D eigenvalue weighted by Crippen LogP contribution is -1.75. The fourth-order valence-electron chi connectivity index (χ4n) is 0.879. The van der Waals surface area contributed by atoms with Crippen LogP contribution >= 0.6 is 0 Å². The first kappa shape index (κ1) is 8.81. The zero-order valence-corrected chi connectivity index (χ0v) is 6.77. The van der Waals surface area contributed by atoms with Crippen LogP contribution in [0.25, 0.3) is 6.08 Å². The van der Waals surface area contributed by atoms with Gasteiger partial charge >= 0.3 is 0 Å². The molecule has 2 heteroatoms. The summed E-state index contributed by atoms with van der Waals surface area (Å²) in [5.41, 5.74) is 1.03. The molecule has 0 aliphatic heterocycles. The van der Waals surface area contributed by atoms with Gasteiger partial charge in [0.25, 0.3) is 0 Å². The van der Waals surface area contributed by atoms with Gasteiger partial charge in [-0.25, -0.2) is 0 Å². The van der Waals surface area contributed by atoms with Crippen molar-refractivity contribution < 1.29 is 10.2 Å². The Balaban J connectivity index is 2.58. The summed E-state index contributed by atoms with van der Waals surface area (Å²) in [5.74, 6) is 0.273. The Kier molecular flexibility index (Phi) is 3.35. The molecule has 0 aromatic heterocycles. The van der Waals surface area contributed by atoms with Gasteiger partial charge in [0.1, 0.15) is 5.75 Å². The van der Waals surface area contributed by atoms with Crippen molar-refractivity contribution in [2.45, 2.75) is 6.42 Å². The van der Waals surface area contributed by atoms with Crippen LogP contribution in [0.2, 0.25) is 0 Å². The number of aromatic hydroxyl groups is 1. The van der Waals surface area contributed by atoms with Gasteiger partial charge in [-0.3, -0.25) is 0 Å². The van der Waals surface area contributed by atoms with Crippen molar-refractivity contribution in [2.75, 3.05) is 6.61 Å². The molecule has 1 rings (SSSR count). The molecule has 2 N–H and O–H groups in total. The summed E-state index contributed by atoms with van der Waals surface area (Å²) in [4.78, 5) is 0. The van der Waals surface area contributed by atoms with Crippen LogP contribution in [0.3, 0.4) is 0 Å². The predicted octanol–water partition coefficient (Wildman–Crippen LogP) is 1.79. The van der Waals surface area contributed by atoms with E-state index in [0.29, 0.717) is 6.42 Å². The van der Waals surface area contributed by atoms with E-state index in [1.165, 1.54) is 0 Å². The van der Waals surface area contributed by atoms with E-state index in [0.717, 1.165) is 5.56 Å². The van der Waals surface area contributed by atoms with E-state index in [1.54, 1.807) is 12.1 Å². The maximum atomic E-state index is 8.96. The minimum absolute atomic E-state index is 0.175. The van der Waals surface area contributed by atoms with Gasteiger partial charge in [-0.1, -0.05) is 24.3 Å². The summed E-state index contributed by atoms with van der Waals surface area (Å²) in [6, 6.07) is 6.92. The van der Waals surface area contributed by atoms with E-state index in [9.17, 15) is 0 Å². The smallest absolute Gasteiger partial charge is 0.115 e. The van der Waals surface area contributed by atoms with Gasteiger partial charge < -0.3 is 10.2 Å². The molecule has 1 aromatic carbocycles. The van der Waals surface area contributed by atoms with Gasteiger partial charge in [-0.15, -0.1) is 0 Å². The zero-order valence-electron chi connectivity index (χ0n) is 6.77. The molecule has 0 bridgehead atoms. The topological polar surface area (TPSA) is 40.5 Å². The molecule has 0 saturated carbocycles. The molecule has 0 atom stereocenters. The fourth-order valence-corrected chi connectivity index (χ4v) is 0.879. The zero-order chi connectivity index (χ0) is 8.81. The summed E-state index contributed by atoms with van der Waals surface area (Å²) in [6.45, 7) is 0.175. The largest absolute Gasteiger partial charge is 0.508 e. The normalized spacial score (nSPS) is 10.8. The Hall–Kier alpha value is -1.28. The van der Waals surface area contributed by atoms with E-state index >= 15 is 0 Å². The average molecular weight is 164 g/mol. The minimum atomic E-state index is 0.175. The second-order valence-corrected chi connectivity index (χ2v) is 2.51. The maximum absolute atomic E-state index is 8.96. The predicted molar refractivity (Wildman–Crippen MR) is 48.8 cm³/mol. The van der Waals surface area contributed by atoms with Gasteiger partial charge in [0.2, 0.25) is 0 Å². The van der Waals surface area contributed by atoms with Crippen LogP contribution in [-0.2, 0) is 0 Å². The molecule has 0 spiro atoms. The summed E-state index contributed by atoms with van der Waals surface area (Å²) >= 11 is 0. The molecular weight excluding hydrogens is 152 g/mol. The van der Waals surface area contributed by atoms with E-state index in [-0.39, 0.29) is 12.4 Å². The number of aliphatic hydroxyl groups excluding tert-OH is 1. The molecule has 0 aliphatic rings. The lowest BCUT2D eigenvalue weighted by molar-refractivity contribution is 0.303. The van der Waals surface area contributed by atoms with Gasteiger partial charge in [0, 0.05) is 6.61 Å². The Morgan fingerprint density at radius 1 is 1.17 bits per heavy atom. The highest BCUT2D eigenvalue weighted by atomic mass is 16.3. The number of aliphatic hydroxyl groups is 1. The lowest BCUT2D eigenvalue weighted by Gasteiger charge is -1.93. The molecule has 2 nitrogen and oxygen atoms in total. The van der Waals surface area contributed by atoms with E-state index in [1.807, 2.05) is 24.3 Å². The third-order valence-electron chi connectivity index (χ3n) is 1.50. The lowest BCUT2D eigenvalue weighted by atomic mass is 10.2. The summed E-state index contributed by atoms with van der Waals surface area (Å²) < 4.78 is 0. The molecule has 0 saturated heterocycles. The molecule has 0 unspecified atom stereocenters. The van der Waals surface area contributed by atoms with Crippen molar-refractivity contribution >= 4 is 6.08 Å². The van der Waals surface area contributed by atoms with E-state index < -0.39 is 0 Å². The van der Waals surface area contributed by atoms with Crippen LogP contribution in [0.4, 0.5) is 0 Å². The van der Waals surface area contributed by atoms with Crippen molar-refractivity contribution in [2.24, 2.45) is 0 Å². The number of phenolic OH excluding ortho intramolecular Hbond substituents is 1. The van der Waals surface area contributed by atoms with Crippen LogP contribution in [-0.4, -0.2) is 16.8 Å². The molecule has 1 aromatic rings. The first-order chi connectivity index (χ1) is 5.83. The van der Waals surface area contributed by atoms with E-state index in [2.05, 4.69) is 0 Å². The second kappa shape index (κ2) is 4.57. The molecule has 0 heterocycles. The number of rotatable bonds is 3. The number of hydrogen-bond acceptors (Lipinski definition) is 2. The Morgan fingerprint density at radius 3 is 2.42 bits per heavy atom. The Morgan fingerprint density at radius 2 is 1.83 bits per heavy atom. The molecule has 0 radical (unpaired) electrons. The second-order valence-electron chi connectivity index (χ2n) is 2.51. The van der Waals surface area contributed by atoms with Gasteiger partial charge in [-0.2, -0.15) is 0 Å². The SMILES string of the molecule is OCC/C=C/c1ccc(O)cc1. The standard InChI is InChI=1S/C10H12O2/c11-8-2-1-3-9-4-6-10(12)7-5-9/h1,3-7,11-12H,2,8H2/b3-1+. The molecule has 0 amide bonds. The third-order valence-corrected chi connectivity index (χ3v) is 1.50. The van der Waals surface area contributed by atoms with Crippen LogP contribution in [0.5, 0.6) is 5.75 Å². The molecule has 0 aliphatic carbocycles. The van der Waals surface area contributed by atoms with Crippen LogP contribution in [0.15, 0.2) is 30.3 Å². The summed E-state index contributed by atoms with van der Waals surface area (Å²) in [7, 11) is 0.